The highest BCUT2D eigenvalue weighted by Gasteiger charge is 2.15. The Labute approximate surface area is 118 Å². The summed E-state index contributed by atoms with van der Waals surface area (Å²) in [5, 5.41) is 4.09. The van der Waals surface area contributed by atoms with Crippen LogP contribution in [0.3, 0.4) is 0 Å². The molecule has 0 bridgehead atoms. The summed E-state index contributed by atoms with van der Waals surface area (Å²) >= 11 is 1.36. The van der Waals surface area contributed by atoms with Gasteiger partial charge >= 0.3 is 5.97 Å². The molecule has 0 saturated carbocycles. The van der Waals surface area contributed by atoms with Crippen LogP contribution in [-0.2, 0) is 4.74 Å². The highest BCUT2D eigenvalue weighted by Crippen LogP contribution is 2.23. The standard InChI is InChI=1S/C13H21N3O2S/c1-10-11(12(17)18-2)19-13(15-10)14-6-9-16-7-4-3-5-8-16/h3-9H2,1-2H3,(H,14,15). The molecule has 0 unspecified atom stereocenters. The van der Waals surface area contributed by atoms with E-state index in [2.05, 4.69) is 15.2 Å². The Bertz CT molecular complexity index is 428. The fraction of sp³-hybridized carbons (Fsp3) is 0.692. The van der Waals surface area contributed by atoms with Crippen LogP contribution in [0.1, 0.15) is 34.6 Å². The molecule has 2 heterocycles. The smallest absolute Gasteiger partial charge is 0.350 e. The SMILES string of the molecule is COC(=O)c1sc(NCCN2CCCCC2)nc1C. The average Bonchev–Trinajstić information content (AvgIpc) is 2.80. The van der Waals surface area contributed by atoms with Crippen molar-refractivity contribution < 1.29 is 9.53 Å². The minimum Gasteiger partial charge on any atom is -0.465 e. The molecule has 1 N–H and O–H groups in total. The van der Waals surface area contributed by atoms with Gasteiger partial charge in [-0.15, -0.1) is 0 Å². The molecular formula is C13H21N3O2S. The van der Waals surface area contributed by atoms with E-state index in [0.717, 1.165) is 23.9 Å². The molecule has 0 aliphatic carbocycles. The molecule has 5 nitrogen and oxygen atoms in total. The van der Waals surface area contributed by atoms with Gasteiger partial charge < -0.3 is 15.0 Å². The number of carbonyl (C=O) groups is 1. The van der Waals surface area contributed by atoms with Crippen LogP contribution in [0.4, 0.5) is 5.13 Å². The Kier molecular flexibility index (Phi) is 5.15. The van der Waals surface area contributed by atoms with E-state index >= 15 is 0 Å². The van der Waals surface area contributed by atoms with Gasteiger partial charge in [0.25, 0.3) is 0 Å². The van der Waals surface area contributed by atoms with E-state index in [-0.39, 0.29) is 5.97 Å². The number of likely N-dealkylation sites (tertiary alicyclic amines) is 1. The number of aromatic nitrogens is 1. The molecule has 0 spiro atoms. The first kappa shape index (κ1) is 14.3. The highest BCUT2D eigenvalue weighted by atomic mass is 32.1. The molecule has 1 aromatic heterocycles. The fourth-order valence-corrected chi connectivity index (χ4v) is 3.17. The van der Waals surface area contributed by atoms with Crippen molar-refractivity contribution in [1.29, 1.82) is 0 Å². The number of hydrogen-bond acceptors (Lipinski definition) is 6. The largest absolute Gasteiger partial charge is 0.465 e. The molecule has 1 saturated heterocycles. The van der Waals surface area contributed by atoms with Gasteiger partial charge in [0.15, 0.2) is 5.13 Å². The number of piperidine rings is 1. The van der Waals surface area contributed by atoms with Crippen molar-refractivity contribution in [2.45, 2.75) is 26.2 Å². The lowest BCUT2D eigenvalue weighted by atomic mass is 10.1. The van der Waals surface area contributed by atoms with Crippen molar-refractivity contribution in [1.82, 2.24) is 9.88 Å². The topological polar surface area (TPSA) is 54.5 Å². The molecule has 2 rings (SSSR count). The molecule has 1 aliphatic heterocycles. The molecule has 0 radical (unpaired) electrons. The van der Waals surface area contributed by atoms with Crippen LogP contribution >= 0.6 is 11.3 Å². The van der Waals surface area contributed by atoms with Crippen LogP contribution in [0.5, 0.6) is 0 Å². The van der Waals surface area contributed by atoms with Gasteiger partial charge in [-0.05, 0) is 32.9 Å². The maximum atomic E-state index is 11.5. The third-order valence-electron chi connectivity index (χ3n) is 3.32. The first-order chi connectivity index (χ1) is 9.20. The average molecular weight is 283 g/mol. The number of nitrogens with one attached hydrogen (secondary N) is 1. The van der Waals surface area contributed by atoms with E-state index < -0.39 is 0 Å². The molecule has 1 aromatic rings. The number of methoxy groups -OCH3 is 1. The third-order valence-corrected chi connectivity index (χ3v) is 4.42. The van der Waals surface area contributed by atoms with Crippen molar-refractivity contribution in [3.8, 4) is 0 Å². The zero-order chi connectivity index (χ0) is 13.7. The molecule has 0 atom stereocenters. The van der Waals surface area contributed by atoms with Gasteiger partial charge in [0.05, 0.1) is 12.8 Å². The molecular weight excluding hydrogens is 262 g/mol. The summed E-state index contributed by atoms with van der Waals surface area (Å²) in [5.74, 6) is -0.306. The fourth-order valence-electron chi connectivity index (χ4n) is 2.26. The van der Waals surface area contributed by atoms with E-state index in [4.69, 9.17) is 4.74 Å². The molecule has 0 amide bonds. The minimum absolute atomic E-state index is 0.306. The second-order valence-electron chi connectivity index (χ2n) is 4.75. The Morgan fingerprint density at radius 2 is 2.16 bits per heavy atom. The summed E-state index contributed by atoms with van der Waals surface area (Å²) in [7, 11) is 1.39. The van der Waals surface area contributed by atoms with Crippen LogP contribution in [0.25, 0.3) is 0 Å². The monoisotopic (exact) mass is 283 g/mol. The van der Waals surface area contributed by atoms with Crippen LogP contribution < -0.4 is 5.32 Å². The Morgan fingerprint density at radius 1 is 1.42 bits per heavy atom. The van der Waals surface area contributed by atoms with Gasteiger partial charge in [-0.25, -0.2) is 9.78 Å². The number of esters is 1. The number of nitrogens with zero attached hydrogens (tertiary/aromatic N) is 2. The Balaban J connectivity index is 1.81. The summed E-state index contributed by atoms with van der Waals surface area (Å²) < 4.78 is 4.73. The van der Waals surface area contributed by atoms with Crippen molar-refractivity contribution in [3.05, 3.63) is 10.6 Å². The van der Waals surface area contributed by atoms with Crippen LogP contribution in [0.15, 0.2) is 0 Å². The number of carbonyl (C=O) groups excluding carboxylic acids is 1. The normalized spacial score (nSPS) is 16.3. The Morgan fingerprint density at radius 3 is 2.84 bits per heavy atom. The number of aryl methyl sites for hydroxylation is 1. The van der Waals surface area contributed by atoms with E-state index in [1.807, 2.05) is 6.92 Å². The molecule has 6 heteroatoms. The van der Waals surface area contributed by atoms with Gasteiger partial charge in [0.1, 0.15) is 4.88 Å². The van der Waals surface area contributed by atoms with Crippen molar-refractivity contribution >= 4 is 22.4 Å². The summed E-state index contributed by atoms with van der Waals surface area (Å²) in [6.07, 6.45) is 3.98. The number of rotatable bonds is 5. The van der Waals surface area contributed by atoms with Gasteiger partial charge in [0, 0.05) is 13.1 Å². The molecule has 106 valence electrons. The maximum absolute atomic E-state index is 11.5. The lowest BCUT2D eigenvalue weighted by Crippen LogP contribution is -2.33. The van der Waals surface area contributed by atoms with Crippen molar-refractivity contribution in [2.24, 2.45) is 0 Å². The number of hydrogen-bond donors (Lipinski definition) is 1. The quantitative estimate of drug-likeness (QED) is 0.839. The van der Waals surface area contributed by atoms with Gasteiger partial charge in [-0.2, -0.15) is 0 Å². The zero-order valence-corrected chi connectivity index (χ0v) is 12.4. The highest BCUT2D eigenvalue weighted by molar-refractivity contribution is 7.17. The molecule has 1 aliphatic rings. The zero-order valence-electron chi connectivity index (χ0n) is 11.6. The van der Waals surface area contributed by atoms with E-state index in [9.17, 15) is 4.79 Å². The van der Waals surface area contributed by atoms with E-state index in [0.29, 0.717) is 4.88 Å². The summed E-state index contributed by atoms with van der Waals surface area (Å²) in [5.41, 5.74) is 0.734. The van der Waals surface area contributed by atoms with Gasteiger partial charge in [0.2, 0.25) is 0 Å². The predicted molar refractivity (Wildman–Crippen MR) is 77.0 cm³/mol. The summed E-state index contributed by atoms with van der Waals surface area (Å²) in [6, 6.07) is 0. The predicted octanol–water partition coefficient (Wildman–Crippen LogP) is 2.14. The molecule has 19 heavy (non-hydrogen) atoms. The molecule has 0 aromatic carbocycles. The summed E-state index contributed by atoms with van der Waals surface area (Å²) in [4.78, 5) is 18.9. The lowest BCUT2D eigenvalue weighted by molar-refractivity contribution is 0.0605. The van der Waals surface area contributed by atoms with Gasteiger partial charge in [-0.3, -0.25) is 0 Å². The van der Waals surface area contributed by atoms with Gasteiger partial charge in [-0.1, -0.05) is 17.8 Å². The number of anilines is 1. The summed E-state index contributed by atoms with van der Waals surface area (Å²) in [6.45, 7) is 6.14. The number of thiazole rings is 1. The second kappa shape index (κ2) is 6.86. The first-order valence-electron chi connectivity index (χ1n) is 6.72. The third kappa shape index (κ3) is 3.91. The lowest BCUT2D eigenvalue weighted by Gasteiger charge is -2.26. The van der Waals surface area contributed by atoms with Crippen LogP contribution in [-0.4, -0.2) is 49.1 Å². The first-order valence-corrected chi connectivity index (χ1v) is 7.54. The van der Waals surface area contributed by atoms with E-state index in [1.165, 1.54) is 50.8 Å². The Hall–Kier alpha value is -1.14. The molecule has 1 fully saturated rings. The van der Waals surface area contributed by atoms with Crippen molar-refractivity contribution in [3.63, 3.8) is 0 Å². The van der Waals surface area contributed by atoms with E-state index in [1.54, 1.807) is 0 Å². The van der Waals surface area contributed by atoms with Crippen LogP contribution in [0.2, 0.25) is 0 Å². The second-order valence-corrected chi connectivity index (χ2v) is 5.75. The maximum Gasteiger partial charge on any atom is 0.350 e. The van der Waals surface area contributed by atoms with Crippen molar-refractivity contribution in [2.75, 3.05) is 38.6 Å². The minimum atomic E-state index is -0.306. The van der Waals surface area contributed by atoms with Crippen LogP contribution in [0, 0.1) is 6.92 Å². The number of ether oxygens (including phenoxy) is 1.